The standard InChI is InChI=1S/C18H10Br2F6/c1-3-10-11-5-4-9(20)7-13(11)15-14(12(10)6-8(2)19)16(21,22)18(25,26)17(15,23)24/h3-7H,1H2,2H3/b8-6+. The molecule has 0 unspecified atom stereocenters. The third-order valence-corrected chi connectivity index (χ3v) is 5.04. The van der Waals surface area contributed by atoms with Crippen LogP contribution in [0.3, 0.4) is 0 Å². The molecule has 0 saturated carbocycles. The highest BCUT2D eigenvalue weighted by Gasteiger charge is 2.80. The van der Waals surface area contributed by atoms with E-state index in [0.29, 0.717) is 8.96 Å². The molecule has 8 heteroatoms. The lowest BCUT2D eigenvalue weighted by Crippen LogP contribution is -2.43. The molecule has 0 atom stereocenters. The molecule has 0 spiro atoms. The first-order valence-corrected chi connectivity index (χ1v) is 8.86. The highest BCUT2D eigenvalue weighted by Crippen LogP contribution is 2.65. The summed E-state index contributed by atoms with van der Waals surface area (Å²) >= 11 is 6.13. The van der Waals surface area contributed by atoms with E-state index >= 15 is 0 Å². The number of rotatable bonds is 2. The van der Waals surface area contributed by atoms with Crippen molar-refractivity contribution >= 4 is 54.8 Å². The van der Waals surface area contributed by atoms with Gasteiger partial charge in [-0.1, -0.05) is 50.6 Å². The topological polar surface area (TPSA) is 0 Å². The highest BCUT2D eigenvalue weighted by molar-refractivity contribution is 9.11. The van der Waals surface area contributed by atoms with E-state index in [1.165, 1.54) is 25.1 Å². The molecule has 26 heavy (non-hydrogen) atoms. The van der Waals surface area contributed by atoms with Gasteiger partial charge in [0.05, 0.1) is 0 Å². The van der Waals surface area contributed by atoms with Gasteiger partial charge in [-0.25, -0.2) is 0 Å². The van der Waals surface area contributed by atoms with Gasteiger partial charge in [0, 0.05) is 15.6 Å². The summed E-state index contributed by atoms with van der Waals surface area (Å²) in [5, 5.41) is -0.231. The quantitative estimate of drug-likeness (QED) is 0.369. The number of hydrogen-bond donors (Lipinski definition) is 0. The fourth-order valence-corrected chi connectivity index (χ4v) is 3.83. The summed E-state index contributed by atoms with van der Waals surface area (Å²) < 4.78 is 87.0. The van der Waals surface area contributed by atoms with Crippen molar-refractivity contribution in [3.8, 4) is 0 Å². The maximum atomic E-state index is 14.5. The van der Waals surface area contributed by atoms with E-state index in [9.17, 15) is 26.3 Å². The van der Waals surface area contributed by atoms with Gasteiger partial charge in [-0.2, -0.15) is 26.3 Å². The van der Waals surface area contributed by atoms with Gasteiger partial charge in [0.25, 0.3) is 0 Å². The van der Waals surface area contributed by atoms with E-state index in [2.05, 4.69) is 38.4 Å². The lowest BCUT2D eigenvalue weighted by Gasteiger charge is -2.23. The predicted molar refractivity (Wildman–Crippen MR) is 97.1 cm³/mol. The Bertz CT molecular complexity index is 972. The molecule has 3 rings (SSSR count). The zero-order chi connectivity index (χ0) is 19.7. The van der Waals surface area contributed by atoms with E-state index in [4.69, 9.17) is 0 Å². The van der Waals surface area contributed by atoms with Crippen molar-refractivity contribution in [1.29, 1.82) is 0 Å². The summed E-state index contributed by atoms with van der Waals surface area (Å²) in [6.45, 7) is 5.02. The normalized spacial score (nSPS) is 20.3. The van der Waals surface area contributed by atoms with Crippen molar-refractivity contribution in [3.63, 3.8) is 0 Å². The first-order valence-electron chi connectivity index (χ1n) is 7.27. The second-order valence-electron chi connectivity index (χ2n) is 5.93. The molecule has 0 fully saturated rings. The average molecular weight is 500 g/mol. The first-order chi connectivity index (χ1) is 11.9. The van der Waals surface area contributed by atoms with Crippen LogP contribution in [0.4, 0.5) is 26.3 Å². The minimum Gasteiger partial charge on any atom is -0.194 e. The number of benzene rings is 2. The van der Waals surface area contributed by atoms with Crippen LogP contribution >= 0.6 is 31.9 Å². The van der Waals surface area contributed by atoms with Crippen LogP contribution in [-0.4, -0.2) is 5.92 Å². The van der Waals surface area contributed by atoms with Crippen molar-refractivity contribution in [3.05, 3.63) is 56.0 Å². The van der Waals surface area contributed by atoms with E-state index in [-0.39, 0.29) is 16.3 Å². The molecule has 0 nitrogen and oxygen atoms in total. The summed E-state index contributed by atoms with van der Waals surface area (Å²) in [4.78, 5) is 0. The molecule has 0 heterocycles. The van der Waals surface area contributed by atoms with Crippen LogP contribution in [0, 0.1) is 0 Å². The van der Waals surface area contributed by atoms with Crippen LogP contribution in [0.1, 0.15) is 29.2 Å². The second-order valence-corrected chi connectivity index (χ2v) is 8.09. The monoisotopic (exact) mass is 498 g/mol. The van der Waals surface area contributed by atoms with Crippen LogP contribution in [-0.2, 0) is 11.8 Å². The molecule has 2 aromatic rings. The average Bonchev–Trinajstić information content (AvgIpc) is 2.62. The molecule has 0 N–H and O–H groups in total. The van der Waals surface area contributed by atoms with Crippen LogP contribution in [0.5, 0.6) is 0 Å². The number of hydrogen-bond acceptors (Lipinski definition) is 0. The molecule has 2 aromatic carbocycles. The van der Waals surface area contributed by atoms with Crippen molar-refractivity contribution in [1.82, 2.24) is 0 Å². The molecule has 0 saturated heterocycles. The second kappa shape index (κ2) is 5.86. The fourth-order valence-electron chi connectivity index (χ4n) is 3.24. The smallest absolute Gasteiger partial charge is 0.194 e. The van der Waals surface area contributed by atoms with Gasteiger partial charge in [0.2, 0.25) is 0 Å². The maximum absolute atomic E-state index is 14.5. The highest BCUT2D eigenvalue weighted by atomic mass is 79.9. The molecule has 138 valence electrons. The summed E-state index contributed by atoms with van der Waals surface area (Å²) in [7, 11) is 0. The molecule has 1 aliphatic carbocycles. The number of halogens is 8. The Morgan fingerprint density at radius 3 is 2.08 bits per heavy atom. The minimum atomic E-state index is -5.56. The van der Waals surface area contributed by atoms with Gasteiger partial charge in [-0.05, 0) is 51.5 Å². The minimum absolute atomic E-state index is 0.0817. The fraction of sp³-hybridized carbons (Fsp3) is 0.222. The van der Waals surface area contributed by atoms with Crippen molar-refractivity contribution in [2.75, 3.05) is 0 Å². The molecule has 1 aliphatic rings. The molecule has 0 aliphatic heterocycles. The number of fused-ring (bicyclic) bond motifs is 3. The van der Waals surface area contributed by atoms with Gasteiger partial charge in [0.1, 0.15) is 0 Å². The lowest BCUT2D eigenvalue weighted by atomic mass is 9.88. The third-order valence-electron chi connectivity index (χ3n) is 4.31. The number of allylic oxidation sites excluding steroid dienone is 1. The van der Waals surface area contributed by atoms with Crippen LogP contribution in [0.2, 0.25) is 0 Å². The first kappa shape index (κ1) is 19.5. The maximum Gasteiger partial charge on any atom is 0.380 e. The van der Waals surface area contributed by atoms with Gasteiger partial charge >= 0.3 is 17.8 Å². The molecule has 0 radical (unpaired) electrons. The zero-order valence-electron chi connectivity index (χ0n) is 13.1. The Labute approximate surface area is 161 Å². The van der Waals surface area contributed by atoms with Crippen molar-refractivity contribution in [2.45, 2.75) is 24.7 Å². The van der Waals surface area contributed by atoms with E-state index in [1.807, 2.05) is 0 Å². The predicted octanol–water partition coefficient (Wildman–Crippen LogP) is 7.83. The third kappa shape index (κ3) is 2.34. The Hall–Kier alpha value is -1.28. The van der Waals surface area contributed by atoms with E-state index < -0.39 is 34.5 Å². The largest absolute Gasteiger partial charge is 0.380 e. The SMILES string of the molecule is C=Cc1c(/C=C(\C)Br)c2c(c3cc(Br)ccc13)C(F)(F)C(F)(F)C2(F)F. The number of alkyl halides is 6. The van der Waals surface area contributed by atoms with Gasteiger partial charge < -0.3 is 0 Å². The molecule has 0 aromatic heterocycles. The van der Waals surface area contributed by atoms with E-state index in [1.54, 1.807) is 0 Å². The molecule has 0 amide bonds. The summed E-state index contributed by atoms with van der Waals surface area (Å²) in [6.07, 6.45) is 2.33. The summed E-state index contributed by atoms with van der Waals surface area (Å²) in [6, 6.07) is 4.06. The van der Waals surface area contributed by atoms with Gasteiger partial charge in [-0.15, -0.1) is 0 Å². The Balaban J connectivity index is 2.69. The zero-order valence-corrected chi connectivity index (χ0v) is 16.3. The summed E-state index contributed by atoms with van der Waals surface area (Å²) in [5.41, 5.74) is -3.04. The van der Waals surface area contributed by atoms with Crippen molar-refractivity contribution in [2.24, 2.45) is 0 Å². The van der Waals surface area contributed by atoms with Crippen LogP contribution in [0.15, 0.2) is 33.7 Å². The molecule has 0 bridgehead atoms. The Morgan fingerprint density at radius 1 is 0.962 bits per heavy atom. The van der Waals surface area contributed by atoms with Gasteiger partial charge in [0.15, 0.2) is 0 Å². The molecular formula is C18H10Br2F6. The lowest BCUT2D eigenvalue weighted by molar-refractivity contribution is -0.302. The summed E-state index contributed by atoms with van der Waals surface area (Å²) in [5.74, 6) is -15.6. The van der Waals surface area contributed by atoms with Crippen molar-refractivity contribution < 1.29 is 26.3 Å². The van der Waals surface area contributed by atoms with Crippen LogP contribution < -0.4 is 0 Å². The Morgan fingerprint density at radius 2 is 1.54 bits per heavy atom. The van der Waals surface area contributed by atoms with Crippen LogP contribution in [0.25, 0.3) is 22.9 Å². The van der Waals surface area contributed by atoms with E-state index in [0.717, 1.165) is 12.1 Å². The Kier molecular flexibility index (Phi) is 4.39. The molecular weight excluding hydrogens is 490 g/mol. The van der Waals surface area contributed by atoms with Gasteiger partial charge in [-0.3, -0.25) is 0 Å².